The molecule has 1 atom stereocenters. The SMILES string of the molecule is COC[C@@H]1c2nnn(CC3CC3)c2CCN1C(=O)c1cnccn1. The van der Waals surface area contributed by atoms with Gasteiger partial charge in [-0.1, -0.05) is 5.21 Å². The van der Waals surface area contributed by atoms with E-state index in [2.05, 4.69) is 20.3 Å². The van der Waals surface area contributed by atoms with Crippen molar-refractivity contribution in [1.82, 2.24) is 29.9 Å². The van der Waals surface area contributed by atoms with Gasteiger partial charge < -0.3 is 9.64 Å². The highest BCUT2D eigenvalue weighted by Gasteiger charge is 2.36. The van der Waals surface area contributed by atoms with Crippen molar-refractivity contribution in [2.75, 3.05) is 20.3 Å². The molecule has 0 N–H and O–H groups in total. The zero-order valence-corrected chi connectivity index (χ0v) is 13.6. The number of hydrogen-bond donors (Lipinski definition) is 0. The zero-order valence-electron chi connectivity index (χ0n) is 13.6. The maximum atomic E-state index is 12.8. The van der Waals surface area contributed by atoms with Crippen LogP contribution < -0.4 is 0 Å². The van der Waals surface area contributed by atoms with Gasteiger partial charge in [0.15, 0.2) is 0 Å². The summed E-state index contributed by atoms with van der Waals surface area (Å²) in [5, 5.41) is 8.69. The van der Waals surface area contributed by atoms with E-state index in [4.69, 9.17) is 4.74 Å². The van der Waals surface area contributed by atoms with Crippen LogP contribution in [0.15, 0.2) is 18.6 Å². The Bertz CT molecular complexity index is 727. The van der Waals surface area contributed by atoms with E-state index in [-0.39, 0.29) is 11.9 Å². The Morgan fingerprint density at radius 1 is 1.38 bits per heavy atom. The number of carbonyl (C=O) groups is 1. The van der Waals surface area contributed by atoms with Crippen LogP contribution in [-0.4, -0.2) is 56.0 Å². The maximum Gasteiger partial charge on any atom is 0.274 e. The Morgan fingerprint density at radius 2 is 2.25 bits per heavy atom. The lowest BCUT2D eigenvalue weighted by atomic mass is 10.0. The molecule has 1 amide bonds. The van der Waals surface area contributed by atoms with Gasteiger partial charge in [-0.25, -0.2) is 9.67 Å². The van der Waals surface area contributed by atoms with Gasteiger partial charge >= 0.3 is 0 Å². The van der Waals surface area contributed by atoms with Crippen molar-refractivity contribution in [3.63, 3.8) is 0 Å². The van der Waals surface area contributed by atoms with Gasteiger partial charge in [-0.05, 0) is 18.8 Å². The molecular formula is C16H20N6O2. The molecule has 0 unspecified atom stereocenters. The molecule has 1 aliphatic carbocycles. The van der Waals surface area contributed by atoms with Crippen molar-refractivity contribution < 1.29 is 9.53 Å². The van der Waals surface area contributed by atoms with Gasteiger partial charge in [-0.3, -0.25) is 9.78 Å². The monoisotopic (exact) mass is 328 g/mol. The normalized spacial score (nSPS) is 20.0. The molecule has 0 spiro atoms. The van der Waals surface area contributed by atoms with Crippen LogP contribution in [0.3, 0.4) is 0 Å². The predicted octanol–water partition coefficient (Wildman–Crippen LogP) is 0.864. The van der Waals surface area contributed by atoms with Gasteiger partial charge in [-0.15, -0.1) is 5.10 Å². The summed E-state index contributed by atoms with van der Waals surface area (Å²) in [5.74, 6) is 0.587. The fourth-order valence-corrected chi connectivity index (χ4v) is 3.21. The number of fused-ring (bicyclic) bond motifs is 1. The second kappa shape index (κ2) is 6.27. The van der Waals surface area contributed by atoms with Gasteiger partial charge in [0.05, 0.1) is 18.5 Å². The number of rotatable bonds is 5. The molecule has 126 valence electrons. The molecule has 0 aromatic carbocycles. The number of carbonyl (C=O) groups excluding carboxylic acids is 1. The van der Waals surface area contributed by atoms with E-state index < -0.39 is 0 Å². The number of hydrogen-bond acceptors (Lipinski definition) is 6. The molecule has 8 heteroatoms. The average molecular weight is 328 g/mol. The molecule has 1 aliphatic heterocycles. The summed E-state index contributed by atoms with van der Waals surface area (Å²) < 4.78 is 7.36. The third-order valence-electron chi connectivity index (χ3n) is 4.64. The molecular weight excluding hydrogens is 308 g/mol. The molecule has 1 saturated carbocycles. The third kappa shape index (κ3) is 2.77. The van der Waals surface area contributed by atoms with Crippen LogP contribution in [0.1, 0.15) is 40.8 Å². The second-order valence-electron chi connectivity index (χ2n) is 6.36. The molecule has 0 bridgehead atoms. The van der Waals surface area contributed by atoms with Crippen LogP contribution in [0, 0.1) is 5.92 Å². The fourth-order valence-electron chi connectivity index (χ4n) is 3.21. The van der Waals surface area contributed by atoms with E-state index in [1.54, 1.807) is 18.2 Å². The van der Waals surface area contributed by atoms with Gasteiger partial charge in [-0.2, -0.15) is 0 Å². The maximum absolute atomic E-state index is 12.8. The third-order valence-corrected chi connectivity index (χ3v) is 4.64. The summed E-state index contributed by atoms with van der Waals surface area (Å²) in [4.78, 5) is 22.7. The van der Waals surface area contributed by atoms with Gasteiger partial charge in [0.25, 0.3) is 5.91 Å². The van der Waals surface area contributed by atoms with Crippen LogP contribution in [0.5, 0.6) is 0 Å². The summed E-state index contributed by atoms with van der Waals surface area (Å²) in [7, 11) is 1.63. The fraction of sp³-hybridized carbons (Fsp3) is 0.562. The first kappa shape index (κ1) is 15.2. The number of methoxy groups -OCH3 is 1. The lowest BCUT2D eigenvalue weighted by Crippen LogP contribution is -2.42. The van der Waals surface area contributed by atoms with Gasteiger partial charge in [0.2, 0.25) is 0 Å². The summed E-state index contributed by atoms with van der Waals surface area (Å²) >= 11 is 0. The second-order valence-corrected chi connectivity index (χ2v) is 6.36. The molecule has 3 heterocycles. The van der Waals surface area contributed by atoms with Crippen molar-refractivity contribution >= 4 is 5.91 Å². The first-order valence-electron chi connectivity index (χ1n) is 8.26. The lowest BCUT2D eigenvalue weighted by molar-refractivity contribution is 0.0484. The van der Waals surface area contributed by atoms with E-state index in [0.29, 0.717) is 18.8 Å². The standard InChI is InChI=1S/C16H20N6O2/c1-24-10-14-15-13(22(20-19-15)9-11-2-3-11)4-7-21(14)16(23)12-8-17-5-6-18-12/h5-6,8,11,14H,2-4,7,9-10H2,1H3/t14-/m1/s1. The summed E-state index contributed by atoms with van der Waals surface area (Å²) in [5.41, 5.74) is 2.32. The minimum atomic E-state index is -0.235. The molecule has 4 rings (SSSR count). The highest BCUT2D eigenvalue weighted by atomic mass is 16.5. The summed E-state index contributed by atoms with van der Waals surface area (Å²) in [6.07, 6.45) is 7.87. The average Bonchev–Trinajstić information content (AvgIpc) is 3.34. The molecule has 2 aromatic rings. The van der Waals surface area contributed by atoms with E-state index >= 15 is 0 Å². The highest BCUT2D eigenvalue weighted by Crippen LogP contribution is 2.33. The Labute approximate surface area is 139 Å². The largest absolute Gasteiger partial charge is 0.382 e. The molecule has 0 saturated heterocycles. The Morgan fingerprint density at radius 3 is 2.96 bits per heavy atom. The van der Waals surface area contributed by atoms with Gasteiger partial charge in [0.1, 0.15) is 17.4 Å². The molecule has 0 radical (unpaired) electrons. The summed E-state index contributed by atoms with van der Waals surface area (Å²) in [6.45, 7) is 1.93. The topological polar surface area (TPSA) is 86.0 Å². The van der Waals surface area contributed by atoms with E-state index in [9.17, 15) is 4.79 Å². The predicted molar refractivity (Wildman–Crippen MR) is 84.1 cm³/mol. The minimum absolute atomic E-state index is 0.146. The van der Waals surface area contributed by atoms with Crippen molar-refractivity contribution in [2.45, 2.75) is 31.8 Å². The van der Waals surface area contributed by atoms with Crippen molar-refractivity contribution in [3.05, 3.63) is 35.7 Å². The smallest absolute Gasteiger partial charge is 0.274 e. The number of amides is 1. The number of ether oxygens (including phenoxy) is 1. The minimum Gasteiger partial charge on any atom is -0.382 e. The first-order chi connectivity index (χ1) is 11.8. The Kier molecular flexibility index (Phi) is 3.97. The van der Waals surface area contributed by atoms with Crippen LogP contribution in [0.25, 0.3) is 0 Å². The van der Waals surface area contributed by atoms with Crippen LogP contribution in [0.4, 0.5) is 0 Å². The number of aromatic nitrogens is 5. The van der Waals surface area contributed by atoms with Gasteiger partial charge in [0, 0.05) is 39.0 Å². The zero-order chi connectivity index (χ0) is 16.5. The van der Waals surface area contributed by atoms with Crippen molar-refractivity contribution in [3.8, 4) is 0 Å². The summed E-state index contributed by atoms with van der Waals surface area (Å²) in [6, 6.07) is -0.235. The van der Waals surface area contributed by atoms with Crippen LogP contribution in [-0.2, 0) is 17.7 Å². The van der Waals surface area contributed by atoms with E-state index in [0.717, 1.165) is 30.3 Å². The molecule has 2 aromatic heterocycles. The Hall–Kier alpha value is -2.35. The number of nitrogens with zero attached hydrogens (tertiary/aromatic N) is 6. The Balaban J connectivity index is 1.62. The van der Waals surface area contributed by atoms with Crippen molar-refractivity contribution in [2.24, 2.45) is 5.92 Å². The molecule has 2 aliphatic rings. The lowest BCUT2D eigenvalue weighted by Gasteiger charge is -2.34. The van der Waals surface area contributed by atoms with Crippen LogP contribution >= 0.6 is 0 Å². The molecule has 8 nitrogen and oxygen atoms in total. The van der Waals surface area contributed by atoms with E-state index in [1.165, 1.54) is 25.2 Å². The highest BCUT2D eigenvalue weighted by molar-refractivity contribution is 5.92. The quantitative estimate of drug-likeness (QED) is 0.809. The first-order valence-corrected chi connectivity index (χ1v) is 8.26. The molecule has 24 heavy (non-hydrogen) atoms. The molecule has 1 fully saturated rings. The van der Waals surface area contributed by atoms with Crippen molar-refractivity contribution in [1.29, 1.82) is 0 Å². The van der Waals surface area contributed by atoms with Crippen LogP contribution in [0.2, 0.25) is 0 Å². The van der Waals surface area contributed by atoms with E-state index in [1.807, 2.05) is 4.68 Å².